The minimum Gasteiger partial charge on any atom is -0.508 e. The number of aromatic hydroxyl groups is 1. The zero-order valence-corrected chi connectivity index (χ0v) is 23.3. The Hall–Kier alpha value is -2.42. The first kappa shape index (κ1) is 30.6. The molecule has 0 radical (unpaired) electrons. The van der Waals surface area contributed by atoms with Gasteiger partial charge in [0.1, 0.15) is 23.4 Å². The summed E-state index contributed by atoms with van der Waals surface area (Å²) in [5.41, 5.74) is -0.0954. The molecule has 0 bridgehead atoms. The molecule has 0 spiro atoms. The number of nitrogens with zero attached hydrogens (tertiary/aromatic N) is 1. The normalized spacial score (nSPS) is 13.5. The number of amides is 3. The lowest BCUT2D eigenvalue weighted by Gasteiger charge is -2.36. The van der Waals surface area contributed by atoms with E-state index in [2.05, 4.69) is 30.2 Å². The first-order valence-electron chi connectivity index (χ1n) is 12.1. The van der Waals surface area contributed by atoms with Crippen LogP contribution in [0.3, 0.4) is 0 Å². The van der Waals surface area contributed by atoms with E-state index in [4.69, 9.17) is 4.74 Å². The van der Waals surface area contributed by atoms with Crippen molar-refractivity contribution in [3.8, 4) is 5.75 Å². The molecule has 1 aromatic rings. The molecule has 3 N–H and O–H groups in total. The molecule has 0 aromatic heterocycles. The average Bonchev–Trinajstić information content (AvgIpc) is 2.70. The summed E-state index contributed by atoms with van der Waals surface area (Å²) in [4.78, 5) is 41.3. The Morgan fingerprint density at radius 2 is 1.74 bits per heavy atom. The monoisotopic (exact) mass is 509 g/mol. The van der Waals surface area contributed by atoms with E-state index < -0.39 is 35.2 Å². The lowest BCUT2D eigenvalue weighted by molar-refractivity contribution is -0.142. The molecule has 1 aromatic carbocycles. The van der Waals surface area contributed by atoms with E-state index >= 15 is 0 Å². The number of hydrogen-bond donors (Lipinski definition) is 4. The molecule has 3 amide bonds. The van der Waals surface area contributed by atoms with Gasteiger partial charge in [-0.05, 0) is 78.1 Å². The van der Waals surface area contributed by atoms with Crippen LogP contribution in [-0.4, -0.2) is 57.4 Å². The van der Waals surface area contributed by atoms with Gasteiger partial charge < -0.3 is 25.4 Å². The van der Waals surface area contributed by atoms with E-state index in [1.807, 2.05) is 20.8 Å². The Morgan fingerprint density at radius 1 is 1.11 bits per heavy atom. The summed E-state index contributed by atoms with van der Waals surface area (Å²) in [6.07, 6.45) is 1.77. The number of thiol groups is 1. The summed E-state index contributed by atoms with van der Waals surface area (Å²) in [6, 6.07) is 2.93. The minimum absolute atomic E-state index is 0.0323. The van der Waals surface area contributed by atoms with Gasteiger partial charge >= 0.3 is 6.09 Å². The molecule has 8 nitrogen and oxygen atoms in total. The highest BCUT2D eigenvalue weighted by molar-refractivity contribution is 7.80. The van der Waals surface area contributed by atoms with Crippen LogP contribution in [0, 0.1) is 6.92 Å². The molecule has 198 valence electrons. The second kappa shape index (κ2) is 13.0. The summed E-state index contributed by atoms with van der Waals surface area (Å²) in [7, 11) is 0. The summed E-state index contributed by atoms with van der Waals surface area (Å²) < 4.78 is 5.32. The number of carbonyl (C=O) groups is 3. The van der Waals surface area contributed by atoms with Gasteiger partial charge in [-0.2, -0.15) is 12.6 Å². The lowest BCUT2D eigenvalue weighted by Crippen LogP contribution is -2.55. The molecule has 0 aliphatic heterocycles. The van der Waals surface area contributed by atoms with Crippen LogP contribution in [0.5, 0.6) is 5.75 Å². The van der Waals surface area contributed by atoms with Gasteiger partial charge in [0.25, 0.3) is 0 Å². The molecule has 0 saturated carbocycles. The van der Waals surface area contributed by atoms with Crippen molar-refractivity contribution in [2.45, 2.75) is 97.9 Å². The number of nitrogens with one attached hydrogen (secondary N) is 2. The highest BCUT2D eigenvalue weighted by atomic mass is 32.1. The van der Waals surface area contributed by atoms with E-state index in [0.717, 1.165) is 12.8 Å². The predicted octanol–water partition coefficient (Wildman–Crippen LogP) is 4.50. The van der Waals surface area contributed by atoms with Crippen LogP contribution in [0.15, 0.2) is 18.2 Å². The highest BCUT2D eigenvalue weighted by Crippen LogP contribution is 2.28. The molecular weight excluding hydrogens is 466 g/mol. The zero-order valence-electron chi connectivity index (χ0n) is 22.4. The quantitative estimate of drug-likeness (QED) is 0.274. The molecule has 0 aliphatic carbocycles. The van der Waals surface area contributed by atoms with Crippen LogP contribution < -0.4 is 10.6 Å². The topological polar surface area (TPSA) is 108 Å². The number of benzene rings is 1. The van der Waals surface area contributed by atoms with E-state index in [9.17, 15) is 19.5 Å². The number of alkyl carbamates (subject to hydrolysis) is 1. The summed E-state index contributed by atoms with van der Waals surface area (Å²) in [5, 5.41) is 15.6. The van der Waals surface area contributed by atoms with Gasteiger partial charge in [-0.3, -0.25) is 9.59 Å². The Morgan fingerprint density at radius 3 is 2.23 bits per heavy atom. The lowest BCUT2D eigenvalue weighted by atomic mass is 9.98. The Kier molecular flexibility index (Phi) is 11.4. The third-order valence-corrected chi connectivity index (χ3v) is 5.42. The molecule has 2 unspecified atom stereocenters. The van der Waals surface area contributed by atoms with E-state index in [-0.39, 0.29) is 17.4 Å². The number of rotatable bonds is 10. The van der Waals surface area contributed by atoms with Crippen LogP contribution >= 0.6 is 12.6 Å². The highest BCUT2D eigenvalue weighted by Gasteiger charge is 2.36. The van der Waals surface area contributed by atoms with Crippen LogP contribution in [-0.2, 0) is 14.3 Å². The third-order valence-electron chi connectivity index (χ3n) is 5.05. The number of aryl methyl sites for hydroxylation is 1. The van der Waals surface area contributed by atoms with Crippen molar-refractivity contribution in [2.24, 2.45) is 0 Å². The number of hydrogen-bond acceptors (Lipinski definition) is 6. The summed E-state index contributed by atoms with van der Waals surface area (Å²) >= 11 is 4.30. The number of ether oxygens (including phenoxy) is 1. The second-order valence-corrected chi connectivity index (χ2v) is 11.2. The van der Waals surface area contributed by atoms with Gasteiger partial charge in [0, 0.05) is 17.8 Å². The van der Waals surface area contributed by atoms with Crippen LogP contribution in [0.2, 0.25) is 0 Å². The predicted molar refractivity (Wildman–Crippen MR) is 142 cm³/mol. The van der Waals surface area contributed by atoms with Gasteiger partial charge in [0.2, 0.25) is 11.8 Å². The molecule has 9 heteroatoms. The molecule has 0 heterocycles. The average molecular weight is 510 g/mol. The zero-order chi connectivity index (χ0) is 27.0. The van der Waals surface area contributed by atoms with Crippen molar-refractivity contribution < 1.29 is 24.2 Å². The summed E-state index contributed by atoms with van der Waals surface area (Å²) in [6.45, 7) is 14.9. The summed E-state index contributed by atoms with van der Waals surface area (Å²) in [5.74, 6) is -0.637. The third kappa shape index (κ3) is 10.4. The molecule has 2 atom stereocenters. The van der Waals surface area contributed by atoms with Crippen molar-refractivity contribution in [1.29, 1.82) is 0 Å². The maximum Gasteiger partial charge on any atom is 0.408 e. The van der Waals surface area contributed by atoms with Gasteiger partial charge in [0.15, 0.2) is 0 Å². The first-order valence-corrected chi connectivity index (χ1v) is 12.7. The van der Waals surface area contributed by atoms with Gasteiger partial charge in [-0.1, -0.05) is 25.8 Å². The van der Waals surface area contributed by atoms with Crippen LogP contribution in [0.25, 0.3) is 0 Å². The fourth-order valence-electron chi connectivity index (χ4n) is 3.49. The number of phenols is 1. The maximum absolute atomic E-state index is 13.8. The van der Waals surface area contributed by atoms with E-state index in [1.165, 1.54) is 11.0 Å². The molecular formula is C26H43N3O5S. The van der Waals surface area contributed by atoms with E-state index in [1.54, 1.807) is 39.8 Å². The Labute approximate surface area is 215 Å². The van der Waals surface area contributed by atoms with Crippen molar-refractivity contribution in [3.05, 3.63) is 29.3 Å². The van der Waals surface area contributed by atoms with Gasteiger partial charge in [-0.25, -0.2) is 4.79 Å². The van der Waals surface area contributed by atoms with Gasteiger partial charge in [0.05, 0.1) is 0 Å². The maximum atomic E-state index is 13.8. The van der Waals surface area contributed by atoms with Crippen LogP contribution in [0.1, 0.15) is 84.9 Å². The van der Waals surface area contributed by atoms with Crippen molar-refractivity contribution in [2.75, 3.05) is 12.3 Å². The second-order valence-electron chi connectivity index (χ2n) is 10.8. The fourth-order valence-corrected chi connectivity index (χ4v) is 3.74. The Bertz CT molecular complexity index is 877. The van der Waals surface area contributed by atoms with Gasteiger partial charge in [-0.15, -0.1) is 0 Å². The van der Waals surface area contributed by atoms with Crippen molar-refractivity contribution in [3.63, 3.8) is 0 Å². The standard InChI is InChI=1S/C26H43N3O5S/c1-9-10-11-14-29(23(32)19(16-35)27-24(33)34-26(6,7)8)21(22(31)28-25(3,4)5)18-12-13-20(30)17(2)15-18/h12-13,15,19,21,30,35H,9-11,14,16H2,1-8H3,(H,27,33)(H,28,31). The van der Waals surface area contributed by atoms with Crippen molar-refractivity contribution in [1.82, 2.24) is 15.5 Å². The first-order chi connectivity index (χ1) is 16.1. The largest absolute Gasteiger partial charge is 0.508 e. The number of unbranched alkanes of at least 4 members (excludes halogenated alkanes) is 2. The molecule has 0 saturated heterocycles. The number of carbonyl (C=O) groups excluding carboxylic acids is 3. The SMILES string of the molecule is CCCCCN(C(=O)C(CS)NC(=O)OC(C)(C)C)C(C(=O)NC(C)(C)C)c1ccc(O)c(C)c1. The van der Waals surface area contributed by atoms with Crippen LogP contribution in [0.4, 0.5) is 4.79 Å². The molecule has 0 fully saturated rings. The smallest absolute Gasteiger partial charge is 0.408 e. The van der Waals surface area contributed by atoms with Crippen molar-refractivity contribution >= 4 is 30.5 Å². The molecule has 1 rings (SSSR count). The van der Waals surface area contributed by atoms with E-state index in [0.29, 0.717) is 24.1 Å². The molecule has 35 heavy (non-hydrogen) atoms. The minimum atomic E-state index is -0.988. The molecule has 0 aliphatic rings. The number of phenolic OH excluding ortho intramolecular Hbond substituents is 1. The Balaban J connectivity index is 3.47. The fraction of sp³-hybridized carbons (Fsp3) is 0.654.